The average molecular weight is 312 g/mol. The topological polar surface area (TPSA) is 63.1 Å². The first-order chi connectivity index (χ1) is 9.19. The lowest BCUT2D eigenvalue weighted by molar-refractivity contribution is -0.137. The molecule has 0 aliphatic heterocycles. The number of carbonyl (C=O) groups is 1. The van der Waals surface area contributed by atoms with Crippen molar-refractivity contribution in [1.82, 2.24) is 10.2 Å². The molecule has 1 atom stereocenters. The molecule has 1 N–H and O–H groups in total. The van der Waals surface area contributed by atoms with Crippen molar-refractivity contribution in [2.45, 2.75) is 20.4 Å². The first-order valence-electron chi connectivity index (χ1n) is 5.50. The molecule has 0 radical (unpaired) electrons. The van der Waals surface area contributed by atoms with E-state index >= 15 is 0 Å². The van der Waals surface area contributed by atoms with Gasteiger partial charge in [-0.05, 0) is 11.8 Å². The molecule has 0 saturated heterocycles. The predicted molar refractivity (Wildman–Crippen MR) is 79.0 cm³/mol. The van der Waals surface area contributed by atoms with Crippen LogP contribution in [0.25, 0.3) is 0 Å². The Labute approximate surface area is 123 Å². The van der Waals surface area contributed by atoms with E-state index < -0.39 is 5.97 Å². The van der Waals surface area contributed by atoms with Crippen LogP contribution in [0.5, 0.6) is 0 Å². The lowest BCUT2D eigenvalue weighted by atomic mass is 10.1. The molecule has 19 heavy (non-hydrogen) atoms. The molecule has 1 unspecified atom stereocenters. The van der Waals surface area contributed by atoms with Crippen LogP contribution < -0.4 is 0 Å². The summed E-state index contributed by atoms with van der Waals surface area (Å²) in [5.74, 6) is -0.809. The first-order valence-corrected chi connectivity index (χ1v) is 8.42. The Hall–Kier alpha value is -1.05. The van der Waals surface area contributed by atoms with Gasteiger partial charge in [-0.25, -0.2) is 0 Å². The third-order valence-electron chi connectivity index (χ3n) is 2.34. The lowest BCUT2D eigenvalue weighted by Crippen LogP contribution is -2.03. The number of carboxylic acids is 1. The summed E-state index contributed by atoms with van der Waals surface area (Å²) < 4.78 is 1.70. The SMILES string of the molecule is CSc1nnc(SC(CC(=O)O)c2ccccc2)s1. The van der Waals surface area contributed by atoms with Gasteiger partial charge in [0.05, 0.1) is 6.42 Å². The maximum absolute atomic E-state index is 11.0. The molecular weight excluding hydrogens is 300 g/mol. The van der Waals surface area contributed by atoms with E-state index in [1.807, 2.05) is 36.6 Å². The standard InChI is InChI=1S/C12H12N2O2S3/c1-17-11-13-14-12(19-11)18-9(7-10(15)16)8-5-3-2-4-6-8/h2-6,9H,7H2,1H3,(H,15,16). The number of aliphatic carboxylic acids is 1. The largest absolute Gasteiger partial charge is 0.481 e. The minimum Gasteiger partial charge on any atom is -0.481 e. The quantitative estimate of drug-likeness (QED) is 0.823. The molecule has 100 valence electrons. The number of hydrogen-bond donors (Lipinski definition) is 1. The monoisotopic (exact) mass is 312 g/mol. The molecule has 0 bridgehead atoms. The van der Waals surface area contributed by atoms with Crippen LogP contribution in [0.3, 0.4) is 0 Å². The van der Waals surface area contributed by atoms with Gasteiger partial charge in [-0.15, -0.1) is 10.2 Å². The van der Waals surface area contributed by atoms with Crippen molar-refractivity contribution in [2.24, 2.45) is 0 Å². The van der Waals surface area contributed by atoms with Crippen LogP contribution in [0, 0.1) is 0 Å². The van der Waals surface area contributed by atoms with Crippen LogP contribution in [-0.2, 0) is 4.79 Å². The minimum atomic E-state index is -0.809. The van der Waals surface area contributed by atoms with Gasteiger partial charge in [-0.2, -0.15) is 0 Å². The van der Waals surface area contributed by atoms with Crippen molar-refractivity contribution in [1.29, 1.82) is 0 Å². The van der Waals surface area contributed by atoms with Crippen LogP contribution in [-0.4, -0.2) is 27.5 Å². The van der Waals surface area contributed by atoms with Gasteiger partial charge in [-0.1, -0.05) is 65.2 Å². The molecule has 0 spiro atoms. The number of rotatable bonds is 6. The van der Waals surface area contributed by atoms with Gasteiger partial charge < -0.3 is 5.11 Å². The van der Waals surface area contributed by atoms with Crippen LogP contribution in [0.2, 0.25) is 0 Å². The molecule has 0 fully saturated rings. The summed E-state index contributed by atoms with van der Waals surface area (Å²) >= 11 is 4.49. The fourth-order valence-electron chi connectivity index (χ4n) is 1.50. The maximum atomic E-state index is 11.0. The van der Waals surface area contributed by atoms with E-state index in [1.165, 1.54) is 23.1 Å². The number of aromatic nitrogens is 2. The van der Waals surface area contributed by atoms with Crippen molar-refractivity contribution in [3.05, 3.63) is 35.9 Å². The molecule has 2 aromatic rings. The molecule has 0 saturated carbocycles. The van der Waals surface area contributed by atoms with Gasteiger partial charge >= 0.3 is 5.97 Å². The van der Waals surface area contributed by atoms with Gasteiger partial charge in [-0.3, -0.25) is 4.79 Å². The Morgan fingerprint density at radius 1 is 1.32 bits per heavy atom. The number of thioether (sulfide) groups is 2. The smallest absolute Gasteiger partial charge is 0.304 e. The van der Waals surface area contributed by atoms with Gasteiger partial charge in [0.15, 0.2) is 8.68 Å². The average Bonchev–Trinajstić information content (AvgIpc) is 2.86. The van der Waals surface area contributed by atoms with Crippen LogP contribution >= 0.6 is 34.9 Å². The van der Waals surface area contributed by atoms with E-state index in [9.17, 15) is 4.79 Å². The van der Waals surface area contributed by atoms with Crippen molar-refractivity contribution in [3.63, 3.8) is 0 Å². The fourth-order valence-corrected chi connectivity index (χ4v) is 4.29. The highest BCUT2D eigenvalue weighted by Crippen LogP contribution is 2.40. The van der Waals surface area contributed by atoms with Crippen molar-refractivity contribution >= 4 is 40.8 Å². The fraction of sp³-hybridized carbons (Fsp3) is 0.250. The van der Waals surface area contributed by atoms with E-state index in [2.05, 4.69) is 10.2 Å². The van der Waals surface area contributed by atoms with Crippen molar-refractivity contribution in [3.8, 4) is 0 Å². The third kappa shape index (κ3) is 4.22. The Balaban J connectivity index is 2.16. The minimum absolute atomic E-state index is 0.0723. The predicted octanol–water partition coefficient (Wildman–Crippen LogP) is 3.57. The maximum Gasteiger partial charge on any atom is 0.304 e. The van der Waals surface area contributed by atoms with Gasteiger partial charge in [0, 0.05) is 5.25 Å². The van der Waals surface area contributed by atoms with Crippen molar-refractivity contribution in [2.75, 3.05) is 6.26 Å². The second-order valence-electron chi connectivity index (χ2n) is 3.65. The van der Waals surface area contributed by atoms with Crippen LogP contribution in [0.1, 0.15) is 17.2 Å². The van der Waals surface area contributed by atoms with E-state index in [0.717, 1.165) is 14.2 Å². The molecule has 1 aromatic heterocycles. The number of benzene rings is 1. The number of carboxylic acid groups (broad SMARTS) is 1. The number of hydrogen-bond acceptors (Lipinski definition) is 6. The molecule has 2 rings (SSSR count). The van der Waals surface area contributed by atoms with E-state index in [1.54, 1.807) is 11.8 Å². The summed E-state index contributed by atoms with van der Waals surface area (Å²) in [6.45, 7) is 0. The molecule has 1 heterocycles. The summed E-state index contributed by atoms with van der Waals surface area (Å²) in [5, 5.41) is 17.0. The molecule has 0 aliphatic rings. The van der Waals surface area contributed by atoms with Gasteiger partial charge in [0.1, 0.15) is 0 Å². The summed E-state index contributed by atoms with van der Waals surface area (Å²) in [6.07, 6.45) is 2.02. The lowest BCUT2D eigenvalue weighted by Gasteiger charge is -2.12. The normalized spacial score (nSPS) is 12.3. The zero-order chi connectivity index (χ0) is 13.7. The molecule has 1 aromatic carbocycles. The van der Waals surface area contributed by atoms with Gasteiger partial charge in [0.25, 0.3) is 0 Å². The van der Waals surface area contributed by atoms with Gasteiger partial charge in [0.2, 0.25) is 0 Å². The Morgan fingerprint density at radius 2 is 2.00 bits per heavy atom. The Kier molecular flexibility index (Phi) is 5.24. The Bertz CT molecular complexity index is 545. The molecule has 4 nitrogen and oxygen atoms in total. The zero-order valence-electron chi connectivity index (χ0n) is 10.1. The highest BCUT2D eigenvalue weighted by molar-refractivity contribution is 8.03. The van der Waals surface area contributed by atoms with Crippen LogP contribution in [0.15, 0.2) is 39.0 Å². The zero-order valence-corrected chi connectivity index (χ0v) is 12.6. The molecular formula is C12H12N2O2S3. The summed E-state index contributed by atoms with van der Waals surface area (Å²) in [6, 6.07) is 9.63. The first kappa shape index (κ1) is 14.4. The third-order valence-corrected chi connectivity index (χ3v) is 5.58. The van der Waals surface area contributed by atoms with E-state index in [0.29, 0.717) is 0 Å². The summed E-state index contributed by atoms with van der Waals surface area (Å²) in [4.78, 5) is 11.0. The van der Waals surface area contributed by atoms with E-state index in [4.69, 9.17) is 5.11 Å². The van der Waals surface area contributed by atoms with E-state index in [-0.39, 0.29) is 11.7 Å². The molecule has 7 heteroatoms. The summed E-state index contributed by atoms with van der Waals surface area (Å²) in [7, 11) is 0. The number of nitrogens with zero attached hydrogens (tertiary/aromatic N) is 2. The highest BCUT2D eigenvalue weighted by Gasteiger charge is 2.19. The molecule has 0 aliphatic carbocycles. The second-order valence-corrected chi connectivity index (χ2v) is 7.13. The van der Waals surface area contributed by atoms with Crippen LogP contribution in [0.4, 0.5) is 0 Å². The highest BCUT2D eigenvalue weighted by atomic mass is 32.2. The molecule has 0 amide bonds. The van der Waals surface area contributed by atoms with Crippen molar-refractivity contribution < 1.29 is 9.90 Å². The Morgan fingerprint density at radius 3 is 2.58 bits per heavy atom. The second kappa shape index (κ2) is 6.93. The summed E-state index contributed by atoms with van der Waals surface area (Å²) in [5.41, 5.74) is 0.996.